The lowest BCUT2D eigenvalue weighted by molar-refractivity contribution is -0.118. The number of hydrogen-bond acceptors (Lipinski definition) is 6. The molecular formula is C13H14N2O6S. The van der Waals surface area contributed by atoms with Crippen molar-refractivity contribution in [3.05, 3.63) is 23.8 Å². The molecule has 0 saturated heterocycles. The third kappa shape index (κ3) is 2.43. The Labute approximate surface area is 126 Å². The van der Waals surface area contributed by atoms with Crippen LogP contribution in [-0.2, 0) is 21.6 Å². The van der Waals surface area contributed by atoms with Gasteiger partial charge in [-0.05, 0) is 24.6 Å². The predicted octanol–water partition coefficient (Wildman–Crippen LogP) is 0.394. The molecule has 0 unspecified atom stereocenters. The first-order valence-electron chi connectivity index (χ1n) is 6.51. The van der Waals surface area contributed by atoms with Crippen LogP contribution in [0.15, 0.2) is 18.2 Å². The summed E-state index contributed by atoms with van der Waals surface area (Å²) in [4.78, 5) is 11.0. The van der Waals surface area contributed by atoms with Crippen LogP contribution in [0.5, 0.6) is 11.6 Å². The molecule has 1 aromatic carbocycles. The lowest BCUT2D eigenvalue weighted by Gasteiger charge is -2.04. The maximum Gasteiger partial charge on any atom is 0.522 e. The van der Waals surface area contributed by atoms with Crippen LogP contribution in [0, 0.1) is 0 Å². The van der Waals surface area contributed by atoms with Crippen molar-refractivity contribution in [1.29, 1.82) is 0 Å². The number of nitrogens with zero attached hydrogens (tertiary/aromatic N) is 1. The highest BCUT2D eigenvalue weighted by Gasteiger charge is 2.34. The van der Waals surface area contributed by atoms with E-state index in [2.05, 4.69) is 5.32 Å². The molecule has 1 aliphatic rings. The molecule has 0 radical (unpaired) electrons. The van der Waals surface area contributed by atoms with E-state index < -0.39 is 10.4 Å². The van der Waals surface area contributed by atoms with Crippen LogP contribution in [0.2, 0.25) is 0 Å². The number of aromatic nitrogens is 1. The molecule has 0 fully saturated rings. The number of fused-ring (bicyclic) bond motifs is 3. The third-order valence-electron chi connectivity index (χ3n) is 3.29. The zero-order valence-corrected chi connectivity index (χ0v) is 12.8. The van der Waals surface area contributed by atoms with Crippen LogP contribution >= 0.6 is 0 Å². The van der Waals surface area contributed by atoms with Gasteiger partial charge < -0.3 is 14.2 Å². The average Bonchev–Trinajstić information content (AvgIpc) is 2.90. The van der Waals surface area contributed by atoms with Gasteiger partial charge in [-0.3, -0.25) is 9.08 Å². The standard InChI is InChI=1S/C13H14N2O6S/c1-8(16)14-6-5-10-11-7-9(19-2)3-4-12(11)15-13(10)20-22(17,18)21-15/h3-4,7H,5-6H2,1-2H3,(H,14,16). The summed E-state index contributed by atoms with van der Waals surface area (Å²) in [5.74, 6) is 0.566. The number of amides is 1. The number of benzene rings is 1. The summed E-state index contributed by atoms with van der Waals surface area (Å²) in [5, 5.41) is 3.41. The molecule has 1 N–H and O–H groups in total. The van der Waals surface area contributed by atoms with E-state index in [1.54, 1.807) is 25.3 Å². The Bertz CT molecular complexity index is 855. The topological polar surface area (TPSA) is 95.9 Å². The zero-order valence-electron chi connectivity index (χ0n) is 12.0. The smallest absolute Gasteiger partial charge is 0.497 e. The van der Waals surface area contributed by atoms with Crippen LogP contribution in [0.1, 0.15) is 12.5 Å². The van der Waals surface area contributed by atoms with Crippen LogP contribution in [-0.4, -0.2) is 32.7 Å². The molecule has 2 heterocycles. The van der Waals surface area contributed by atoms with Gasteiger partial charge in [0.05, 0.1) is 12.6 Å². The van der Waals surface area contributed by atoms with Crippen molar-refractivity contribution in [3.8, 4) is 11.6 Å². The van der Waals surface area contributed by atoms with Crippen LogP contribution in [0.4, 0.5) is 0 Å². The zero-order chi connectivity index (χ0) is 15.9. The largest absolute Gasteiger partial charge is 0.522 e. The van der Waals surface area contributed by atoms with Crippen molar-refractivity contribution in [2.24, 2.45) is 0 Å². The monoisotopic (exact) mass is 326 g/mol. The minimum absolute atomic E-state index is 0.105. The van der Waals surface area contributed by atoms with E-state index in [4.69, 9.17) is 13.2 Å². The summed E-state index contributed by atoms with van der Waals surface area (Å²) in [6, 6.07) is 5.15. The Morgan fingerprint density at radius 2 is 2.18 bits per heavy atom. The van der Waals surface area contributed by atoms with Crippen molar-refractivity contribution in [2.45, 2.75) is 13.3 Å². The van der Waals surface area contributed by atoms with E-state index in [0.29, 0.717) is 29.8 Å². The minimum Gasteiger partial charge on any atom is -0.497 e. The molecule has 1 aromatic heterocycles. The molecule has 0 spiro atoms. The van der Waals surface area contributed by atoms with Crippen molar-refractivity contribution in [3.63, 3.8) is 0 Å². The molecule has 9 heteroatoms. The first kappa shape index (κ1) is 14.5. The van der Waals surface area contributed by atoms with Crippen molar-refractivity contribution in [1.82, 2.24) is 10.0 Å². The van der Waals surface area contributed by atoms with Gasteiger partial charge in [0.15, 0.2) is 0 Å². The van der Waals surface area contributed by atoms with E-state index in [-0.39, 0.29) is 11.8 Å². The molecule has 0 atom stereocenters. The fourth-order valence-electron chi connectivity index (χ4n) is 2.37. The van der Waals surface area contributed by atoms with Gasteiger partial charge in [0.2, 0.25) is 5.91 Å². The molecule has 2 aromatic rings. The van der Waals surface area contributed by atoms with Gasteiger partial charge in [-0.15, -0.1) is 13.1 Å². The van der Waals surface area contributed by atoms with Gasteiger partial charge in [0, 0.05) is 24.4 Å². The molecule has 22 heavy (non-hydrogen) atoms. The van der Waals surface area contributed by atoms with E-state index in [9.17, 15) is 13.2 Å². The predicted molar refractivity (Wildman–Crippen MR) is 77.0 cm³/mol. The highest BCUT2D eigenvalue weighted by molar-refractivity contribution is 7.82. The number of ether oxygens (including phenoxy) is 1. The number of carbonyl (C=O) groups is 1. The number of nitrogens with one attached hydrogen (secondary N) is 1. The Morgan fingerprint density at radius 3 is 2.86 bits per heavy atom. The second-order valence-corrected chi connectivity index (χ2v) is 5.89. The van der Waals surface area contributed by atoms with Gasteiger partial charge in [-0.1, -0.05) is 0 Å². The fraction of sp³-hybridized carbons (Fsp3) is 0.308. The highest BCUT2D eigenvalue weighted by Crippen LogP contribution is 2.37. The maximum absolute atomic E-state index is 11.5. The Kier molecular flexibility index (Phi) is 3.36. The summed E-state index contributed by atoms with van der Waals surface area (Å²) in [6.07, 6.45) is 0.393. The molecular weight excluding hydrogens is 312 g/mol. The van der Waals surface area contributed by atoms with Gasteiger partial charge in [-0.25, -0.2) is 0 Å². The fourth-order valence-corrected chi connectivity index (χ4v) is 3.10. The van der Waals surface area contributed by atoms with Gasteiger partial charge in [0.1, 0.15) is 5.75 Å². The molecule has 3 rings (SSSR count). The molecule has 1 aliphatic heterocycles. The van der Waals surface area contributed by atoms with Gasteiger partial charge in [0.25, 0.3) is 5.88 Å². The number of hydrogen-bond donors (Lipinski definition) is 1. The highest BCUT2D eigenvalue weighted by atomic mass is 32.3. The summed E-state index contributed by atoms with van der Waals surface area (Å²) >= 11 is 0. The summed E-state index contributed by atoms with van der Waals surface area (Å²) < 4.78 is 39.0. The lowest BCUT2D eigenvalue weighted by atomic mass is 10.1. The Balaban J connectivity index is 2.09. The van der Waals surface area contributed by atoms with Crippen molar-refractivity contribution < 1.29 is 26.4 Å². The molecule has 8 nitrogen and oxygen atoms in total. The van der Waals surface area contributed by atoms with E-state index in [1.165, 1.54) is 6.92 Å². The summed E-state index contributed by atoms with van der Waals surface area (Å²) in [5.41, 5.74) is 1.18. The molecule has 0 bridgehead atoms. The summed E-state index contributed by atoms with van der Waals surface area (Å²) in [7, 11) is -2.55. The lowest BCUT2D eigenvalue weighted by Crippen LogP contribution is -2.22. The number of rotatable bonds is 4. The van der Waals surface area contributed by atoms with E-state index in [0.717, 1.165) is 10.1 Å². The third-order valence-corrected chi connectivity index (χ3v) is 3.98. The normalized spacial score (nSPS) is 15.0. The molecule has 0 saturated carbocycles. The van der Waals surface area contributed by atoms with Crippen LogP contribution in [0.25, 0.3) is 10.9 Å². The first-order chi connectivity index (χ1) is 10.4. The number of carbonyl (C=O) groups excluding carboxylic acids is 1. The van der Waals surface area contributed by atoms with Crippen molar-refractivity contribution >= 4 is 27.2 Å². The summed E-state index contributed by atoms with van der Waals surface area (Å²) in [6.45, 7) is 1.76. The van der Waals surface area contributed by atoms with Crippen LogP contribution < -0.4 is 18.5 Å². The second kappa shape index (κ2) is 5.09. The maximum atomic E-state index is 11.5. The Morgan fingerprint density at radius 1 is 1.41 bits per heavy atom. The number of methoxy groups -OCH3 is 1. The van der Waals surface area contributed by atoms with Gasteiger partial charge >= 0.3 is 10.4 Å². The SMILES string of the molecule is COc1ccc2c(c1)c(CCNC(C)=O)c1n2OS(=O)(=O)O1. The first-order valence-corrected chi connectivity index (χ1v) is 7.85. The molecule has 1 amide bonds. The van der Waals surface area contributed by atoms with E-state index in [1.807, 2.05) is 0 Å². The average molecular weight is 326 g/mol. The van der Waals surface area contributed by atoms with E-state index >= 15 is 0 Å². The molecule has 118 valence electrons. The quantitative estimate of drug-likeness (QED) is 0.873. The van der Waals surface area contributed by atoms with Crippen molar-refractivity contribution in [2.75, 3.05) is 13.7 Å². The Hall–Kier alpha value is -2.42. The van der Waals surface area contributed by atoms with Crippen LogP contribution in [0.3, 0.4) is 0 Å². The molecule has 0 aliphatic carbocycles. The van der Waals surface area contributed by atoms with Gasteiger partial charge in [-0.2, -0.15) is 0 Å². The second-order valence-electron chi connectivity index (χ2n) is 4.76. The minimum atomic E-state index is -4.09.